The fourth-order valence-electron chi connectivity index (χ4n) is 1.96. The van der Waals surface area contributed by atoms with Crippen molar-refractivity contribution in [1.29, 1.82) is 0 Å². The van der Waals surface area contributed by atoms with Gasteiger partial charge in [-0.3, -0.25) is 4.99 Å². The number of nitrogens with zero attached hydrogens (tertiary/aromatic N) is 3. The van der Waals surface area contributed by atoms with Crippen LogP contribution >= 0.6 is 0 Å². The zero-order chi connectivity index (χ0) is 12.1. The lowest BCUT2D eigenvalue weighted by Crippen LogP contribution is -2.50. The van der Waals surface area contributed by atoms with Gasteiger partial charge in [-0.05, 0) is 32.9 Å². The number of nitrogens with two attached hydrogens (primary N) is 1. The summed E-state index contributed by atoms with van der Waals surface area (Å²) in [5.74, 6) is 1.30. The third kappa shape index (κ3) is 4.00. The van der Waals surface area contributed by atoms with Crippen LogP contribution in [0.4, 0.5) is 0 Å². The van der Waals surface area contributed by atoms with Gasteiger partial charge in [0.2, 0.25) is 0 Å². The lowest BCUT2D eigenvalue weighted by Gasteiger charge is -2.36. The molecule has 16 heavy (non-hydrogen) atoms. The van der Waals surface area contributed by atoms with Crippen LogP contribution in [0.15, 0.2) is 4.99 Å². The van der Waals surface area contributed by atoms with E-state index >= 15 is 0 Å². The predicted octanol–water partition coefficient (Wildman–Crippen LogP) is 0.983. The van der Waals surface area contributed by atoms with E-state index in [4.69, 9.17) is 5.73 Å². The summed E-state index contributed by atoms with van der Waals surface area (Å²) in [5.41, 5.74) is 6.02. The molecule has 0 aromatic carbocycles. The van der Waals surface area contributed by atoms with E-state index < -0.39 is 0 Å². The van der Waals surface area contributed by atoms with E-state index in [1.165, 1.54) is 12.8 Å². The maximum Gasteiger partial charge on any atom is 0.191 e. The molecular formula is C12H26N4. The Kier molecular flexibility index (Phi) is 5.06. The molecule has 1 rings (SSSR count). The fraction of sp³-hybridized carbons (Fsp3) is 0.917. The zero-order valence-electron chi connectivity index (χ0n) is 11.1. The molecule has 1 unspecified atom stereocenters. The molecule has 2 N–H and O–H groups in total. The Bertz CT molecular complexity index is 235. The molecule has 1 fully saturated rings. The average molecular weight is 226 g/mol. The number of hydrogen-bond donors (Lipinski definition) is 1. The number of hydrogen-bond acceptors (Lipinski definition) is 2. The molecule has 1 saturated heterocycles. The van der Waals surface area contributed by atoms with Gasteiger partial charge in [0, 0.05) is 25.7 Å². The Morgan fingerprint density at radius 1 is 1.50 bits per heavy atom. The van der Waals surface area contributed by atoms with Crippen molar-refractivity contribution >= 4 is 5.96 Å². The van der Waals surface area contributed by atoms with E-state index in [2.05, 4.69) is 42.7 Å². The van der Waals surface area contributed by atoms with Crippen LogP contribution in [0.2, 0.25) is 0 Å². The highest BCUT2D eigenvalue weighted by atomic mass is 15.3. The Balaban J connectivity index is 2.49. The van der Waals surface area contributed by atoms with Crippen LogP contribution in [0.1, 0.15) is 26.7 Å². The number of piperidine rings is 1. The standard InChI is InChI=1S/C12H26N4/c1-10(2)8-14-12(13)16-7-5-6-11(9-16)15(3)4/h10-11H,5-9H2,1-4H3,(H2,13,14). The van der Waals surface area contributed by atoms with E-state index in [0.717, 1.165) is 25.6 Å². The largest absolute Gasteiger partial charge is 0.370 e. The van der Waals surface area contributed by atoms with E-state index in [1.54, 1.807) is 0 Å². The lowest BCUT2D eigenvalue weighted by atomic mass is 10.1. The number of guanidine groups is 1. The summed E-state index contributed by atoms with van der Waals surface area (Å²) < 4.78 is 0. The Hall–Kier alpha value is -0.770. The maximum atomic E-state index is 6.02. The molecule has 1 aliphatic heterocycles. The first-order valence-electron chi connectivity index (χ1n) is 6.22. The molecule has 0 aromatic rings. The van der Waals surface area contributed by atoms with Crippen LogP contribution < -0.4 is 5.73 Å². The molecule has 1 aliphatic rings. The Labute approximate surface area is 99.5 Å². The Morgan fingerprint density at radius 3 is 2.75 bits per heavy atom. The molecule has 4 nitrogen and oxygen atoms in total. The van der Waals surface area contributed by atoms with Gasteiger partial charge in [-0.2, -0.15) is 0 Å². The molecule has 0 radical (unpaired) electrons. The van der Waals surface area contributed by atoms with Gasteiger partial charge < -0.3 is 15.5 Å². The van der Waals surface area contributed by atoms with Gasteiger partial charge in [-0.15, -0.1) is 0 Å². The first-order valence-corrected chi connectivity index (χ1v) is 6.22. The summed E-state index contributed by atoms with van der Waals surface area (Å²) in [6.07, 6.45) is 2.47. The lowest BCUT2D eigenvalue weighted by molar-refractivity contribution is 0.183. The monoisotopic (exact) mass is 226 g/mol. The van der Waals surface area contributed by atoms with Crippen LogP contribution in [0.3, 0.4) is 0 Å². The molecule has 1 heterocycles. The Morgan fingerprint density at radius 2 is 2.19 bits per heavy atom. The molecule has 1 atom stereocenters. The summed E-state index contributed by atoms with van der Waals surface area (Å²) in [6, 6.07) is 0.613. The second kappa shape index (κ2) is 6.09. The summed E-state index contributed by atoms with van der Waals surface area (Å²) in [7, 11) is 4.27. The minimum Gasteiger partial charge on any atom is -0.370 e. The average Bonchev–Trinajstić information content (AvgIpc) is 2.26. The second-order valence-electron chi connectivity index (χ2n) is 5.30. The van der Waals surface area contributed by atoms with Crippen molar-refractivity contribution in [2.75, 3.05) is 33.7 Å². The number of aliphatic imine (C=N–C) groups is 1. The van der Waals surface area contributed by atoms with Crippen molar-refractivity contribution in [2.24, 2.45) is 16.6 Å². The highest BCUT2D eigenvalue weighted by Gasteiger charge is 2.22. The first kappa shape index (κ1) is 13.3. The van der Waals surface area contributed by atoms with Crippen molar-refractivity contribution in [3.05, 3.63) is 0 Å². The van der Waals surface area contributed by atoms with Gasteiger partial charge in [0.15, 0.2) is 5.96 Å². The van der Waals surface area contributed by atoms with Crippen LogP contribution in [0.25, 0.3) is 0 Å². The van der Waals surface area contributed by atoms with Crippen molar-refractivity contribution < 1.29 is 0 Å². The van der Waals surface area contributed by atoms with Gasteiger partial charge in [0.25, 0.3) is 0 Å². The number of likely N-dealkylation sites (N-methyl/N-ethyl adjacent to an activating group) is 1. The van der Waals surface area contributed by atoms with Gasteiger partial charge in [0.1, 0.15) is 0 Å². The normalized spacial score (nSPS) is 23.2. The molecule has 0 aromatic heterocycles. The fourth-order valence-corrected chi connectivity index (χ4v) is 1.96. The predicted molar refractivity (Wildman–Crippen MR) is 69.6 cm³/mol. The molecular weight excluding hydrogens is 200 g/mol. The topological polar surface area (TPSA) is 44.9 Å². The molecule has 0 saturated carbocycles. The van der Waals surface area contributed by atoms with E-state index in [-0.39, 0.29) is 0 Å². The van der Waals surface area contributed by atoms with Gasteiger partial charge in [-0.1, -0.05) is 13.8 Å². The van der Waals surface area contributed by atoms with Gasteiger partial charge in [-0.25, -0.2) is 0 Å². The van der Waals surface area contributed by atoms with E-state index in [9.17, 15) is 0 Å². The minimum atomic E-state index is 0.577. The molecule has 0 spiro atoms. The number of rotatable bonds is 3. The third-order valence-corrected chi connectivity index (χ3v) is 3.07. The van der Waals surface area contributed by atoms with Crippen LogP contribution in [0.5, 0.6) is 0 Å². The van der Waals surface area contributed by atoms with Gasteiger partial charge in [0.05, 0.1) is 0 Å². The molecule has 94 valence electrons. The van der Waals surface area contributed by atoms with Crippen LogP contribution in [0, 0.1) is 5.92 Å². The summed E-state index contributed by atoms with van der Waals surface area (Å²) >= 11 is 0. The number of likely N-dealkylation sites (tertiary alicyclic amines) is 1. The highest BCUT2D eigenvalue weighted by molar-refractivity contribution is 5.78. The maximum absolute atomic E-state index is 6.02. The first-order chi connectivity index (χ1) is 7.50. The van der Waals surface area contributed by atoms with Crippen LogP contribution in [-0.2, 0) is 0 Å². The SMILES string of the molecule is CC(C)CN=C(N)N1CCCC(N(C)C)C1. The molecule has 0 amide bonds. The van der Waals surface area contributed by atoms with Crippen molar-refractivity contribution in [2.45, 2.75) is 32.7 Å². The molecule has 0 bridgehead atoms. The summed E-state index contributed by atoms with van der Waals surface area (Å²) in [5, 5.41) is 0. The third-order valence-electron chi connectivity index (χ3n) is 3.07. The second-order valence-corrected chi connectivity index (χ2v) is 5.30. The molecule has 4 heteroatoms. The smallest absolute Gasteiger partial charge is 0.191 e. The van der Waals surface area contributed by atoms with E-state index in [1.807, 2.05) is 0 Å². The van der Waals surface area contributed by atoms with Crippen molar-refractivity contribution in [1.82, 2.24) is 9.80 Å². The van der Waals surface area contributed by atoms with Gasteiger partial charge >= 0.3 is 0 Å². The van der Waals surface area contributed by atoms with Crippen molar-refractivity contribution in [3.8, 4) is 0 Å². The quantitative estimate of drug-likeness (QED) is 0.576. The zero-order valence-corrected chi connectivity index (χ0v) is 11.1. The molecule has 0 aliphatic carbocycles. The minimum absolute atomic E-state index is 0.577. The highest BCUT2D eigenvalue weighted by Crippen LogP contribution is 2.13. The van der Waals surface area contributed by atoms with Crippen LogP contribution in [-0.4, -0.2) is 55.5 Å². The van der Waals surface area contributed by atoms with Crippen molar-refractivity contribution in [3.63, 3.8) is 0 Å². The summed E-state index contributed by atoms with van der Waals surface area (Å²) in [6.45, 7) is 7.22. The van der Waals surface area contributed by atoms with E-state index in [0.29, 0.717) is 12.0 Å². The summed E-state index contributed by atoms with van der Waals surface area (Å²) in [4.78, 5) is 8.94.